The van der Waals surface area contributed by atoms with Gasteiger partial charge in [-0.25, -0.2) is 4.79 Å². The van der Waals surface area contributed by atoms with E-state index in [1.54, 1.807) is 18.2 Å². The topological polar surface area (TPSA) is 94.5 Å². The lowest BCUT2D eigenvalue weighted by Crippen LogP contribution is -2.28. The van der Waals surface area contributed by atoms with Crippen LogP contribution < -0.4 is 18.9 Å². The molecule has 35 heavy (non-hydrogen) atoms. The molecule has 0 amide bonds. The van der Waals surface area contributed by atoms with E-state index in [1.807, 2.05) is 53.7 Å². The number of rotatable bonds is 2. The minimum absolute atomic E-state index is 0.0978. The number of carbonyl (C=O) groups is 1. The molecule has 0 atom stereocenters. The molecule has 2 N–H and O–H groups in total. The second-order valence-electron chi connectivity index (χ2n) is 10.3. The lowest BCUT2D eigenvalue weighted by molar-refractivity contribution is 0.0732. The molecule has 182 valence electrons. The fraction of sp³-hybridized carbons (Fsp3) is 0.321. The first kappa shape index (κ1) is 22.9. The predicted molar refractivity (Wildman–Crippen MR) is 132 cm³/mol. The number of phenolic OH excluding ortho intramolecular Hbond substituents is 2. The van der Waals surface area contributed by atoms with Crippen LogP contribution in [0.4, 0.5) is 0 Å². The Kier molecular flexibility index (Phi) is 4.95. The number of hydrogen-bond acceptors (Lipinski definition) is 7. The van der Waals surface area contributed by atoms with Crippen molar-refractivity contribution >= 4 is 18.1 Å². The van der Waals surface area contributed by atoms with Crippen molar-refractivity contribution in [1.82, 2.24) is 0 Å². The van der Waals surface area contributed by atoms with Crippen LogP contribution in [0.3, 0.4) is 0 Å². The second kappa shape index (κ2) is 7.57. The summed E-state index contributed by atoms with van der Waals surface area (Å²) in [4.78, 5) is 13.4. The van der Waals surface area contributed by atoms with Gasteiger partial charge in [0, 0.05) is 11.6 Å². The highest BCUT2D eigenvalue weighted by Gasteiger charge is 2.38. The lowest BCUT2D eigenvalue weighted by atomic mass is 9.93. The standard InChI is InChI=1S/C28H28O7/c1-14(2)7-8-16-22-15(9-11-27(3,4)34-22)21(30)20-25(16)32-19-13-18(29)23-17(24(19)33-26(20)31)10-12-28(5,6)35-23/h7,9-13,29-30H,8H2,1-6H3. The van der Waals surface area contributed by atoms with Gasteiger partial charge in [-0.3, -0.25) is 0 Å². The zero-order valence-electron chi connectivity index (χ0n) is 20.6. The van der Waals surface area contributed by atoms with Crippen molar-refractivity contribution in [3.05, 3.63) is 52.1 Å². The SMILES string of the molecule is CC(C)=CCc1c2c(c(O)c3c1Oc1cc(O)c4c(c1OC3=O)C=CC(C)(C)O4)C=CC(C)(C)O2. The van der Waals surface area contributed by atoms with Gasteiger partial charge < -0.3 is 29.2 Å². The van der Waals surface area contributed by atoms with E-state index in [1.165, 1.54) is 6.07 Å². The Bertz CT molecular complexity index is 1370. The van der Waals surface area contributed by atoms with Crippen molar-refractivity contribution in [2.24, 2.45) is 0 Å². The van der Waals surface area contributed by atoms with Gasteiger partial charge in [0.15, 0.2) is 28.7 Å². The van der Waals surface area contributed by atoms with E-state index in [9.17, 15) is 15.0 Å². The van der Waals surface area contributed by atoms with Crippen LogP contribution in [0.5, 0.6) is 40.2 Å². The fourth-order valence-electron chi connectivity index (χ4n) is 4.32. The molecule has 0 aromatic heterocycles. The van der Waals surface area contributed by atoms with Crippen LogP contribution in [0.25, 0.3) is 12.2 Å². The quantitative estimate of drug-likeness (QED) is 0.298. The number of fused-ring (bicyclic) bond motifs is 5. The molecular weight excluding hydrogens is 448 g/mol. The van der Waals surface area contributed by atoms with E-state index in [0.29, 0.717) is 28.9 Å². The van der Waals surface area contributed by atoms with E-state index < -0.39 is 17.2 Å². The summed E-state index contributed by atoms with van der Waals surface area (Å²) in [5, 5.41) is 21.9. The number of aromatic hydroxyl groups is 2. The third-order valence-electron chi connectivity index (χ3n) is 6.08. The van der Waals surface area contributed by atoms with Crippen LogP contribution in [0.2, 0.25) is 0 Å². The predicted octanol–water partition coefficient (Wildman–Crippen LogP) is 6.30. The molecule has 7 heteroatoms. The van der Waals surface area contributed by atoms with Crippen LogP contribution in [0, 0.1) is 0 Å². The first-order chi connectivity index (χ1) is 16.4. The monoisotopic (exact) mass is 476 g/mol. The Labute approximate surface area is 203 Å². The van der Waals surface area contributed by atoms with Crippen molar-refractivity contribution in [1.29, 1.82) is 0 Å². The highest BCUT2D eigenvalue weighted by molar-refractivity contribution is 6.02. The van der Waals surface area contributed by atoms with Crippen molar-refractivity contribution in [2.45, 2.75) is 59.2 Å². The minimum atomic E-state index is -0.776. The molecule has 0 spiro atoms. The van der Waals surface area contributed by atoms with Gasteiger partial charge in [0.05, 0.1) is 11.1 Å². The average molecular weight is 477 g/mol. The maximum Gasteiger partial charge on any atom is 0.351 e. The molecule has 0 saturated heterocycles. The van der Waals surface area contributed by atoms with E-state index in [0.717, 1.165) is 5.57 Å². The molecular formula is C28H28O7. The Morgan fingerprint density at radius 3 is 2.17 bits per heavy atom. The Morgan fingerprint density at radius 2 is 1.51 bits per heavy atom. The fourth-order valence-corrected chi connectivity index (χ4v) is 4.32. The maximum absolute atomic E-state index is 13.4. The summed E-state index contributed by atoms with van der Waals surface area (Å²) in [6, 6.07) is 1.36. The van der Waals surface area contributed by atoms with Gasteiger partial charge in [-0.05, 0) is 72.3 Å². The molecule has 3 aliphatic heterocycles. The number of esters is 1. The summed E-state index contributed by atoms with van der Waals surface area (Å²) >= 11 is 0. The van der Waals surface area contributed by atoms with E-state index in [4.69, 9.17) is 18.9 Å². The number of benzene rings is 2. The van der Waals surface area contributed by atoms with Gasteiger partial charge in [-0.2, -0.15) is 0 Å². The number of allylic oxidation sites excluding steroid dienone is 2. The highest BCUT2D eigenvalue weighted by atomic mass is 16.6. The lowest BCUT2D eigenvalue weighted by Gasteiger charge is -2.31. The molecule has 0 radical (unpaired) electrons. The van der Waals surface area contributed by atoms with Crippen LogP contribution in [-0.2, 0) is 6.42 Å². The van der Waals surface area contributed by atoms with Crippen molar-refractivity contribution in [3.63, 3.8) is 0 Å². The molecule has 5 rings (SSSR count). The Balaban J connectivity index is 1.76. The van der Waals surface area contributed by atoms with Crippen molar-refractivity contribution < 1.29 is 34.0 Å². The van der Waals surface area contributed by atoms with Crippen LogP contribution in [0.1, 0.15) is 68.6 Å². The summed E-state index contributed by atoms with van der Waals surface area (Å²) in [6.45, 7) is 11.5. The first-order valence-electron chi connectivity index (χ1n) is 11.5. The van der Waals surface area contributed by atoms with Crippen LogP contribution in [0.15, 0.2) is 29.9 Å². The van der Waals surface area contributed by atoms with Gasteiger partial charge in [0.2, 0.25) is 0 Å². The van der Waals surface area contributed by atoms with Crippen LogP contribution >= 0.6 is 0 Å². The summed E-state index contributed by atoms with van der Waals surface area (Å²) in [5.41, 5.74) is 1.07. The maximum atomic E-state index is 13.4. The highest BCUT2D eigenvalue weighted by Crippen LogP contribution is 2.55. The molecule has 0 aliphatic carbocycles. The number of hydrogen-bond donors (Lipinski definition) is 2. The van der Waals surface area contributed by atoms with Gasteiger partial charge in [0.1, 0.15) is 28.3 Å². The second-order valence-corrected chi connectivity index (χ2v) is 10.3. The molecule has 3 aliphatic rings. The molecule has 0 saturated carbocycles. The molecule has 0 fully saturated rings. The van der Waals surface area contributed by atoms with Gasteiger partial charge in [0.25, 0.3) is 0 Å². The third-order valence-corrected chi connectivity index (χ3v) is 6.08. The zero-order chi connectivity index (χ0) is 25.3. The largest absolute Gasteiger partial charge is 0.506 e. The van der Waals surface area contributed by atoms with Gasteiger partial charge in [-0.1, -0.05) is 11.6 Å². The third kappa shape index (κ3) is 3.81. The van der Waals surface area contributed by atoms with Gasteiger partial charge in [-0.15, -0.1) is 0 Å². The Morgan fingerprint density at radius 1 is 0.886 bits per heavy atom. The normalized spacial score (nSPS) is 17.8. The number of ether oxygens (including phenoxy) is 4. The summed E-state index contributed by atoms with van der Waals surface area (Å²) in [6.07, 6.45) is 9.49. The average Bonchev–Trinajstić information content (AvgIpc) is 2.88. The Hall–Kier alpha value is -3.87. The summed E-state index contributed by atoms with van der Waals surface area (Å²) < 4.78 is 24.2. The number of phenols is 2. The molecule has 0 bridgehead atoms. The van der Waals surface area contributed by atoms with Gasteiger partial charge >= 0.3 is 5.97 Å². The van der Waals surface area contributed by atoms with E-state index in [2.05, 4.69) is 0 Å². The molecule has 2 aromatic rings. The first-order valence-corrected chi connectivity index (χ1v) is 11.5. The molecule has 3 heterocycles. The molecule has 2 aromatic carbocycles. The summed E-state index contributed by atoms with van der Waals surface area (Å²) in [7, 11) is 0. The smallest absolute Gasteiger partial charge is 0.351 e. The number of carbonyl (C=O) groups excluding carboxylic acids is 1. The zero-order valence-corrected chi connectivity index (χ0v) is 20.6. The van der Waals surface area contributed by atoms with Crippen LogP contribution in [-0.4, -0.2) is 27.4 Å². The summed E-state index contributed by atoms with van der Waals surface area (Å²) in [5.74, 6) is -0.209. The van der Waals surface area contributed by atoms with E-state index >= 15 is 0 Å². The minimum Gasteiger partial charge on any atom is -0.506 e. The molecule has 0 unspecified atom stereocenters. The van der Waals surface area contributed by atoms with Crippen molar-refractivity contribution in [2.75, 3.05) is 0 Å². The van der Waals surface area contributed by atoms with E-state index in [-0.39, 0.29) is 40.1 Å². The molecule has 7 nitrogen and oxygen atoms in total. The van der Waals surface area contributed by atoms with Crippen molar-refractivity contribution in [3.8, 4) is 40.2 Å².